The zero-order chi connectivity index (χ0) is 15.9. The van der Waals surface area contributed by atoms with Crippen LogP contribution in [0.5, 0.6) is 11.5 Å². The third kappa shape index (κ3) is 3.76. The maximum absolute atomic E-state index is 12.2. The van der Waals surface area contributed by atoms with Crippen LogP contribution in [-0.2, 0) is 6.54 Å². The van der Waals surface area contributed by atoms with Crippen molar-refractivity contribution in [3.8, 4) is 11.5 Å². The number of methoxy groups -OCH3 is 2. The van der Waals surface area contributed by atoms with Crippen LogP contribution in [0.3, 0.4) is 0 Å². The first-order chi connectivity index (χ1) is 10.7. The number of aromatic amines is 1. The number of nitrogens with zero attached hydrogens (tertiary/aromatic N) is 1. The van der Waals surface area contributed by atoms with E-state index in [1.165, 1.54) is 12.8 Å². The Morgan fingerprint density at radius 2 is 1.91 bits per heavy atom. The summed E-state index contributed by atoms with van der Waals surface area (Å²) >= 11 is 0. The van der Waals surface area contributed by atoms with Crippen LogP contribution >= 0.6 is 0 Å². The Morgan fingerprint density at radius 3 is 2.59 bits per heavy atom. The second-order valence-electron chi connectivity index (χ2n) is 5.12. The topological polar surface area (TPSA) is 76.2 Å². The summed E-state index contributed by atoms with van der Waals surface area (Å²) in [5.41, 5.74) is 0.433. The van der Waals surface area contributed by atoms with Gasteiger partial charge in [-0.05, 0) is 19.0 Å². The number of unbranched alkanes of at least 4 members (excludes halogenated alkanes) is 2. The lowest BCUT2D eigenvalue weighted by molar-refractivity contribution is 0.355. The van der Waals surface area contributed by atoms with Gasteiger partial charge >= 0.3 is 0 Å². The van der Waals surface area contributed by atoms with Gasteiger partial charge in [-0.25, -0.2) is 4.98 Å². The van der Waals surface area contributed by atoms with E-state index in [-0.39, 0.29) is 5.56 Å². The highest BCUT2D eigenvalue weighted by Crippen LogP contribution is 2.29. The molecule has 2 N–H and O–H groups in total. The monoisotopic (exact) mass is 305 g/mol. The molecule has 0 saturated heterocycles. The minimum absolute atomic E-state index is 0.170. The van der Waals surface area contributed by atoms with Crippen LogP contribution in [0.25, 0.3) is 10.9 Å². The molecule has 0 spiro atoms. The van der Waals surface area contributed by atoms with Crippen molar-refractivity contribution in [1.29, 1.82) is 0 Å². The van der Waals surface area contributed by atoms with Crippen LogP contribution in [0.15, 0.2) is 16.9 Å². The molecule has 0 amide bonds. The van der Waals surface area contributed by atoms with Gasteiger partial charge in [-0.2, -0.15) is 0 Å². The van der Waals surface area contributed by atoms with Gasteiger partial charge in [0.25, 0.3) is 5.56 Å². The summed E-state index contributed by atoms with van der Waals surface area (Å²) in [6.07, 6.45) is 3.51. The summed E-state index contributed by atoms with van der Waals surface area (Å²) in [5.74, 6) is 1.71. The first-order valence-corrected chi connectivity index (χ1v) is 7.55. The third-order valence-corrected chi connectivity index (χ3v) is 3.51. The molecule has 0 bridgehead atoms. The van der Waals surface area contributed by atoms with Crippen molar-refractivity contribution in [2.75, 3.05) is 20.8 Å². The van der Waals surface area contributed by atoms with E-state index in [4.69, 9.17) is 9.47 Å². The number of aromatic nitrogens is 2. The fraction of sp³-hybridized carbons (Fsp3) is 0.500. The van der Waals surface area contributed by atoms with E-state index >= 15 is 0 Å². The molecular weight excluding hydrogens is 282 g/mol. The van der Waals surface area contributed by atoms with Crippen LogP contribution in [0.2, 0.25) is 0 Å². The minimum atomic E-state index is -0.170. The lowest BCUT2D eigenvalue weighted by Crippen LogP contribution is -2.20. The number of benzene rings is 1. The lowest BCUT2D eigenvalue weighted by atomic mass is 10.2. The zero-order valence-corrected chi connectivity index (χ0v) is 13.4. The predicted molar refractivity (Wildman–Crippen MR) is 86.7 cm³/mol. The molecule has 0 fully saturated rings. The number of fused-ring (bicyclic) bond motifs is 1. The summed E-state index contributed by atoms with van der Waals surface area (Å²) < 4.78 is 10.5. The highest BCUT2D eigenvalue weighted by molar-refractivity contribution is 5.81. The molecule has 0 unspecified atom stereocenters. The lowest BCUT2D eigenvalue weighted by Gasteiger charge is -2.09. The zero-order valence-electron chi connectivity index (χ0n) is 13.4. The Kier molecular flexibility index (Phi) is 5.77. The molecule has 0 radical (unpaired) electrons. The summed E-state index contributed by atoms with van der Waals surface area (Å²) in [6, 6.07) is 3.38. The van der Waals surface area contributed by atoms with Crippen LogP contribution in [0.1, 0.15) is 32.0 Å². The van der Waals surface area contributed by atoms with Gasteiger partial charge in [0, 0.05) is 6.07 Å². The van der Waals surface area contributed by atoms with E-state index in [1.807, 2.05) is 0 Å². The number of nitrogens with one attached hydrogen (secondary N) is 2. The van der Waals surface area contributed by atoms with Crippen molar-refractivity contribution in [2.45, 2.75) is 32.7 Å². The average molecular weight is 305 g/mol. The van der Waals surface area contributed by atoms with Gasteiger partial charge in [0.2, 0.25) is 0 Å². The summed E-state index contributed by atoms with van der Waals surface area (Å²) in [6.45, 7) is 3.63. The Hall–Kier alpha value is -2.08. The fourth-order valence-corrected chi connectivity index (χ4v) is 2.30. The molecule has 1 aromatic heterocycles. The van der Waals surface area contributed by atoms with Crippen LogP contribution in [-0.4, -0.2) is 30.7 Å². The predicted octanol–water partition coefficient (Wildman–Crippen LogP) is 2.22. The molecule has 22 heavy (non-hydrogen) atoms. The van der Waals surface area contributed by atoms with Crippen molar-refractivity contribution in [3.63, 3.8) is 0 Å². The molecule has 0 aliphatic rings. The highest BCUT2D eigenvalue weighted by Gasteiger charge is 2.10. The Balaban J connectivity index is 2.22. The number of rotatable bonds is 8. The normalized spacial score (nSPS) is 10.9. The molecule has 120 valence electrons. The van der Waals surface area contributed by atoms with Gasteiger partial charge in [-0.1, -0.05) is 19.8 Å². The molecule has 2 aromatic rings. The van der Waals surface area contributed by atoms with Gasteiger partial charge in [-0.3, -0.25) is 4.79 Å². The van der Waals surface area contributed by atoms with Gasteiger partial charge in [0.05, 0.1) is 31.7 Å². The van der Waals surface area contributed by atoms with Crippen molar-refractivity contribution >= 4 is 10.9 Å². The van der Waals surface area contributed by atoms with E-state index in [9.17, 15) is 4.79 Å². The molecule has 2 rings (SSSR count). The van der Waals surface area contributed by atoms with Gasteiger partial charge in [-0.15, -0.1) is 0 Å². The first-order valence-electron chi connectivity index (χ1n) is 7.55. The SMILES string of the molecule is CCCCCNCc1nc2cc(OC)c(OC)cc2c(=O)[nH]1. The third-order valence-electron chi connectivity index (χ3n) is 3.51. The second kappa shape index (κ2) is 7.79. The molecule has 1 aromatic carbocycles. The molecular formula is C16H23N3O3. The molecule has 0 aliphatic heterocycles. The van der Waals surface area contributed by atoms with E-state index < -0.39 is 0 Å². The Bertz CT molecular complexity index is 682. The smallest absolute Gasteiger partial charge is 0.258 e. The van der Waals surface area contributed by atoms with Crippen LogP contribution in [0.4, 0.5) is 0 Å². The largest absolute Gasteiger partial charge is 0.493 e. The van der Waals surface area contributed by atoms with Crippen molar-refractivity contribution in [1.82, 2.24) is 15.3 Å². The maximum Gasteiger partial charge on any atom is 0.258 e. The molecule has 6 nitrogen and oxygen atoms in total. The van der Waals surface area contributed by atoms with Gasteiger partial charge in [0.15, 0.2) is 11.5 Å². The minimum Gasteiger partial charge on any atom is -0.493 e. The van der Waals surface area contributed by atoms with Crippen molar-refractivity contribution in [3.05, 3.63) is 28.3 Å². The van der Waals surface area contributed by atoms with Crippen LogP contribution in [0, 0.1) is 0 Å². The Labute approximate surface area is 129 Å². The van der Waals surface area contributed by atoms with Crippen molar-refractivity contribution in [2.24, 2.45) is 0 Å². The molecule has 0 saturated carbocycles. The maximum atomic E-state index is 12.2. The number of hydrogen-bond acceptors (Lipinski definition) is 5. The first kappa shape index (κ1) is 16.3. The van der Waals surface area contributed by atoms with Gasteiger partial charge < -0.3 is 19.8 Å². The number of H-pyrrole nitrogens is 1. The highest BCUT2D eigenvalue weighted by atomic mass is 16.5. The van der Waals surface area contributed by atoms with E-state index in [0.29, 0.717) is 34.8 Å². The van der Waals surface area contributed by atoms with E-state index in [0.717, 1.165) is 13.0 Å². The Morgan fingerprint density at radius 1 is 1.18 bits per heavy atom. The van der Waals surface area contributed by atoms with Crippen LogP contribution < -0.4 is 20.3 Å². The average Bonchev–Trinajstić information content (AvgIpc) is 2.53. The molecule has 0 atom stereocenters. The fourth-order valence-electron chi connectivity index (χ4n) is 2.30. The number of ether oxygens (including phenoxy) is 2. The van der Waals surface area contributed by atoms with E-state index in [2.05, 4.69) is 22.2 Å². The molecule has 6 heteroatoms. The summed E-state index contributed by atoms with van der Waals surface area (Å²) in [4.78, 5) is 19.5. The summed E-state index contributed by atoms with van der Waals surface area (Å²) in [7, 11) is 3.10. The van der Waals surface area contributed by atoms with Crippen molar-refractivity contribution < 1.29 is 9.47 Å². The van der Waals surface area contributed by atoms with Gasteiger partial charge in [0.1, 0.15) is 5.82 Å². The number of hydrogen-bond donors (Lipinski definition) is 2. The van der Waals surface area contributed by atoms with E-state index in [1.54, 1.807) is 26.4 Å². The standard InChI is InChI=1S/C16H23N3O3/c1-4-5-6-7-17-10-15-18-12-9-14(22-3)13(21-2)8-11(12)16(20)19-15/h8-9,17H,4-7,10H2,1-3H3,(H,18,19,20). The second-order valence-corrected chi connectivity index (χ2v) is 5.12. The summed E-state index contributed by atoms with van der Waals surface area (Å²) in [5, 5.41) is 3.78. The molecule has 0 aliphatic carbocycles. The molecule has 1 heterocycles. The quantitative estimate of drug-likeness (QED) is 0.731.